The number of amides is 1. The van der Waals surface area contributed by atoms with Crippen molar-refractivity contribution < 1.29 is 18.7 Å². The molecule has 2 unspecified atom stereocenters. The maximum atomic E-state index is 13.3. The SMILES string of the molecule is CCOC(=O)C1=NN(c2ccccc2)C(C(=O)NCC(c2ccco2)N2CCCCC2)C1. The van der Waals surface area contributed by atoms with E-state index >= 15 is 0 Å². The highest BCUT2D eigenvalue weighted by atomic mass is 16.5. The molecular weight excluding hydrogens is 408 g/mol. The third-order valence-corrected chi connectivity index (χ3v) is 5.92. The van der Waals surface area contributed by atoms with Crippen LogP contribution in [0.5, 0.6) is 0 Å². The molecule has 1 amide bonds. The standard InChI is InChI=1S/C24H30N4O4/c1-2-31-24(30)19-16-20(28(26-19)18-10-5-3-6-11-18)23(29)25-17-21(22-12-9-15-32-22)27-13-7-4-8-14-27/h3,5-6,9-12,15,20-21H,2,4,7-8,13-14,16-17H2,1H3,(H,25,29). The minimum atomic E-state index is -0.615. The average Bonchev–Trinajstić information content (AvgIpc) is 3.51. The number of nitrogens with zero attached hydrogens (tertiary/aromatic N) is 3. The van der Waals surface area contributed by atoms with Crippen LogP contribution in [0.2, 0.25) is 0 Å². The summed E-state index contributed by atoms with van der Waals surface area (Å²) >= 11 is 0. The van der Waals surface area contributed by atoms with E-state index in [0.717, 1.165) is 37.4 Å². The highest BCUT2D eigenvalue weighted by Crippen LogP contribution is 2.27. The molecule has 0 saturated carbocycles. The summed E-state index contributed by atoms with van der Waals surface area (Å²) in [4.78, 5) is 27.9. The minimum absolute atomic E-state index is 0.0220. The second-order valence-electron chi connectivity index (χ2n) is 8.04. The summed E-state index contributed by atoms with van der Waals surface area (Å²) < 4.78 is 10.8. The van der Waals surface area contributed by atoms with Gasteiger partial charge in [0.05, 0.1) is 24.6 Å². The molecule has 0 radical (unpaired) electrons. The van der Waals surface area contributed by atoms with Crippen LogP contribution in [-0.4, -0.2) is 54.8 Å². The lowest BCUT2D eigenvalue weighted by Gasteiger charge is -2.34. The number of nitrogens with one attached hydrogen (secondary N) is 1. The predicted octanol–water partition coefficient (Wildman–Crippen LogP) is 3.12. The van der Waals surface area contributed by atoms with Gasteiger partial charge in [-0.15, -0.1) is 0 Å². The summed E-state index contributed by atoms with van der Waals surface area (Å²) in [6, 6.07) is 12.6. The van der Waals surface area contributed by atoms with Crippen molar-refractivity contribution in [2.75, 3.05) is 31.3 Å². The molecule has 1 aromatic carbocycles. The Morgan fingerprint density at radius 2 is 1.94 bits per heavy atom. The molecule has 0 spiro atoms. The molecule has 32 heavy (non-hydrogen) atoms. The minimum Gasteiger partial charge on any atom is -0.468 e. The van der Waals surface area contributed by atoms with Crippen molar-refractivity contribution in [3.8, 4) is 0 Å². The topological polar surface area (TPSA) is 87.4 Å². The number of hydrogen-bond acceptors (Lipinski definition) is 7. The van der Waals surface area contributed by atoms with E-state index in [4.69, 9.17) is 9.15 Å². The highest BCUT2D eigenvalue weighted by molar-refractivity contribution is 6.38. The van der Waals surface area contributed by atoms with Crippen molar-refractivity contribution in [2.24, 2.45) is 5.10 Å². The molecule has 2 atom stereocenters. The zero-order valence-electron chi connectivity index (χ0n) is 18.4. The number of benzene rings is 1. The van der Waals surface area contributed by atoms with Crippen molar-refractivity contribution in [2.45, 2.75) is 44.7 Å². The van der Waals surface area contributed by atoms with E-state index < -0.39 is 12.0 Å². The third-order valence-electron chi connectivity index (χ3n) is 5.92. The van der Waals surface area contributed by atoms with Gasteiger partial charge in [0.25, 0.3) is 0 Å². The van der Waals surface area contributed by atoms with E-state index in [1.54, 1.807) is 18.2 Å². The van der Waals surface area contributed by atoms with Crippen LogP contribution in [0.4, 0.5) is 5.69 Å². The van der Waals surface area contributed by atoms with Crippen LogP contribution in [0.25, 0.3) is 0 Å². The van der Waals surface area contributed by atoms with E-state index in [2.05, 4.69) is 15.3 Å². The third kappa shape index (κ3) is 5.02. The van der Waals surface area contributed by atoms with Crippen LogP contribution in [0.15, 0.2) is 58.2 Å². The Morgan fingerprint density at radius 3 is 2.62 bits per heavy atom. The monoisotopic (exact) mass is 438 g/mol. The number of para-hydroxylation sites is 1. The van der Waals surface area contributed by atoms with Gasteiger partial charge in [-0.25, -0.2) is 4.79 Å². The molecule has 1 N–H and O–H groups in total. The lowest BCUT2D eigenvalue weighted by atomic mass is 10.1. The number of likely N-dealkylation sites (tertiary alicyclic amines) is 1. The summed E-state index contributed by atoms with van der Waals surface area (Å²) in [5.41, 5.74) is 1.01. The van der Waals surface area contributed by atoms with Gasteiger partial charge in [0.15, 0.2) is 0 Å². The number of anilines is 1. The lowest BCUT2D eigenvalue weighted by Crippen LogP contribution is -2.46. The molecule has 0 bridgehead atoms. The Bertz CT molecular complexity index is 923. The number of ether oxygens (including phenoxy) is 1. The predicted molar refractivity (Wildman–Crippen MR) is 121 cm³/mol. The van der Waals surface area contributed by atoms with Crippen molar-refractivity contribution >= 4 is 23.3 Å². The zero-order chi connectivity index (χ0) is 22.3. The zero-order valence-corrected chi connectivity index (χ0v) is 18.4. The fourth-order valence-corrected chi connectivity index (χ4v) is 4.31. The van der Waals surface area contributed by atoms with Gasteiger partial charge in [0, 0.05) is 13.0 Å². The fourth-order valence-electron chi connectivity index (χ4n) is 4.31. The first-order valence-electron chi connectivity index (χ1n) is 11.3. The molecule has 0 aliphatic carbocycles. The summed E-state index contributed by atoms with van der Waals surface area (Å²) in [7, 11) is 0. The van der Waals surface area contributed by atoms with E-state index in [1.165, 1.54) is 6.42 Å². The number of esters is 1. The number of carbonyl (C=O) groups is 2. The van der Waals surface area contributed by atoms with Gasteiger partial charge >= 0.3 is 5.97 Å². The van der Waals surface area contributed by atoms with Crippen molar-refractivity contribution in [1.82, 2.24) is 10.2 Å². The van der Waals surface area contributed by atoms with Crippen molar-refractivity contribution in [1.29, 1.82) is 0 Å². The number of piperidine rings is 1. The number of hydrogen-bond donors (Lipinski definition) is 1. The molecule has 1 fully saturated rings. The van der Waals surface area contributed by atoms with Crippen LogP contribution in [0.3, 0.4) is 0 Å². The molecule has 2 aliphatic rings. The van der Waals surface area contributed by atoms with Gasteiger partial charge in [-0.2, -0.15) is 5.10 Å². The molecule has 2 aromatic rings. The smallest absolute Gasteiger partial charge is 0.354 e. The Morgan fingerprint density at radius 1 is 1.16 bits per heavy atom. The Hall–Kier alpha value is -3.13. The molecule has 2 aliphatic heterocycles. The van der Waals surface area contributed by atoms with Crippen LogP contribution >= 0.6 is 0 Å². The van der Waals surface area contributed by atoms with E-state index in [9.17, 15) is 9.59 Å². The molecule has 4 rings (SSSR count). The largest absolute Gasteiger partial charge is 0.468 e. The van der Waals surface area contributed by atoms with Crippen molar-refractivity contribution in [3.63, 3.8) is 0 Å². The molecule has 8 heteroatoms. The second-order valence-corrected chi connectivity index (χ2v) is 8.04. The first-order chi connectivity index (χ1) is 15.7. The molecule has 1 saturated heterocycles. The van der Waals surface area contributed by atoms with Gasteiger partial charge in [0.1, 0.15) is 17.5 Å². The Labute approximate surface area is 188 Å². The summed E-state index contributed by atoms with van der Waals surface area (Å²) in [5, 5.41) is 9.14. The van der Waals surface area contributed by atoms with Crippen LogP contribution in [0, 0.1) is 0 Å². The second kappa shape index (κ2) is 10.5. The summed E-state index contributed by atoms with van der Waals surface area (Å²) in [6.07, 6.45) is 5.39. The first-order valence-corrected chi connectivity index (χ1v) is 11.3. The van der Waals surface area contributed by atoms with E-state index in [1.807, 2.05) is 42.5 Å². The van der Waals surface area contributed by atoms with E-state index in [0.29, 0.717) is 6.54 Å². The van der Waals surface area contributed by atoms with Gasteiger partial charge in [-0.05, 0) is 57.1 Å². The van der Waals surface area contributed by atoms with Gasteiger partial charge < -0.3 is 14.5 Å². The number of carbonyl (C=O) groups excluding carboxylic acids is 2. The maximum Gasteiger partial charge on any atom is 0.354 e. The Kier molecular flexibility index (Phi) is 7.21. The van der Waals surface area contributed by atoms with Crippen LogP contribution < -0.4 is 10.3 Å². The summed E-state index contributed by atoms with van der Waals surface area (Å²) in [6.45, 7) is 4.41. The van der Waals surface area contributed by atoms with Gasteiger partial charge in [0.2, 0.25) is 5.91 Å². The fraction of sp³-hybridized carbons (Fsp3) is 0.458. The van der Waals surface area contributed by atoms with Gasteiger partial charge in [-0.3, -0.25) is 14.7 Å². The normalized spacial score (nSPS) is 20.0. The molecule has 3 heterocycles. The number of furan rings is 1. The molecule has 8 nitrogen and oxygen atoms in total. The van der Waals surface area contributed by atoms with Crippen LogP contribution in [0.1, 0.15) is 44.4 Å². The number of hydrazone groups is 1. The first kappa shape index (κ1) is 22.1. The van der Waals surface area contributed by atoms with E-state index in [-0.39, 0.29) is 30.7 Å². The van der Waals surface area contributed by atoms with Crippen LogP contribution in [-0.2, 0) is 14.3 Å². The maximum absolute atomic E-state index is 13.3. The Balaban J connectivity index is 1.48. The van der Waals surface area contributed by atoms with Gasteiger partial charge in [-0.1, -0.05) is 24.6 Å². The molecule has 170 valence electrons. The lowest BCUT2D eigenvalue weighted by molar-refractivity contribution is -0.135. The number of rotatable bonds is 8. The molecule has 1 aromatic heterocycles. The van der Waals surface area contributed by atoms with Crippen molar-refractivity contribution in [3.05, 3.63) is 54.5 Å². The average molecular weight is 439 g/mol. The molecular formula is C24H30N4O4. The quantitative estimate of drug-likeness (QED) is 0.637. The highest BCUT2D eigenvalue weighted by Gasteiger charge is 2.37. The summed E-state index contributed by atoms with van der Waals surface area (Å²) in [5.74, 6) is 0.193.